The van der Waals surface area contributed by atoms with Crippen LogP contribution in [-0.2, 0) is 16.1 Å². The van der Waals surface area contributed by atoms with Crippen LogP contribution in [0.5, 0.6) is 5.75 Å². The van der Waals surface area contributed by atoms with Gasteiger partial charge in [-0.15, -0.1) is 0 Å². The Morgan fingerprint density at radius 3 is 2.61 bits per heavy atom. The van der Waals surface area contributed by atoms with Gasteiger partial charge in [0.15, 0.2) is 0 Å². The summed E-state index contributed by atoms with van der Waals surface area (Å²) in [5, 5.41) is 13.9. The number of imide groups is 1. The quantitative estimate of drug-likeness (QED) is 0.217. The van der Waals surface area contributed by atoms with E-state index in [0.29, 0.717) is 0 Å². The van der Waals surface area contributed by atoms with E-state index in [4.69, 9.17) is 20.8 Å². The van der Waals surface area contributed by atoms with Crippen LogP contribution in [0.15, 0.2) is 34.4 Å². The maximum Gasteiger partial charge on any atom is 0.373 e. The maximum atomic E-state index is 12.7. The third-order valence-corrected chi connectivity index (χ3v) is 4.57. The average Bonchev–Trinajstić information content (AvgIpc) is 3.29. The summed E-state index contributed by atoms with van der Waals surface area (Å²) in [7, 11) is 1.19. The highest BCUT2D eigenvalue weighted by Gasteiger charge is 2.35. The van der Waals surface area contributed by atoms with E-state index in [0.717, 1.165) is 4.90 Å². The minimum Gasteiger partial charge on any atom is -0.480 e. The van der Waals surface area contributed by atoms with E-state index in [1.54, 1.807) is 20.8 Å². The highest BCUT2D eigenvalue weighted by Crippen LogP contribution is 2.39. The van der Waals surface area contributed by atoms with Crippen LogP contribution in [-0.4, -0.2) is 40.4 Å². The molecule has 0 radical (unpaired) electrons. The molecule has 12 heteroatoms. The molecule has 0 saturated carbocycles. The molecule has 1 aromatic carbocycles. The first-order chi connectivity index (χ1) is 15.4. The predicted octanol–water partition coefficient (Wildman–Crippen LogP) is 3.90. The minimum atomic E-state index is -0.732. The maximum absolute atomic E-state index is 12.7. The molecule has 2 aromatic rings. The molecule has 0 unspecified atom stereocenters. The topological polar surface area (TPSA) is 141 Å². The van der Waals surface area contributed by atoms with Crippen LogP contribution < -0.4 is 10.1 Å². The SMILES string of the molecule is COC(=O)c1ccc(CN2C(=O)NC(=Cc3cc(Cl)c(OC(C)(C)C)c([N+](=O)[O-])c3)C2=O)o1. The molecule has 0 atom stereocenters. The minimum absolute atomic E-state index is 0.0227. The zero-order chi connectivity index (χ0) is 24.5. The van der Waals surface area contributed by atoms with Gasteiger partial charge in [-0.1, -0.05) is 11.6 Å². The first-order valence-corrected chi connectivity index (χ1v) is 9.96. The lowest BCUT2D eigenvalue weighted by Crippen LogP contribution is -2.30. The van der Waals surface area contributed by atoms with Crippen molar-refractivity contribution >= 4 is 41.3 Å². The Bertz CT molecular complexity index is 1180. The molecule has 2 heterocycles. The fourth-order valence-corrected chi connectivity index (χ4v) is 3.20. The summed E-state index contributed by atoms with van der Waals surface area (Å²) in [6.07, 6.45) is 1.27. The number of halogens is 1. The second kappa shape index (κ2) is 8.94. The molecule has 1 aliphatic heterocycles. The number of hydrogen-bond acceptors (Lipinski definition) is 8. The van der Waals surface area contributed by atoms with E-state index in [9.17, 15) is 24.5 Å². The summed E-state index contributed by atoms with van der Waals surface area (Å²) in [6, 6.07) is 4.65. The molecule has 1 fully saturated rings. The third kappa shape index (κ3) is 5.32. The first-order valence-electron chi connectivity index (χ1n) is 9.58. The Labute approximate surface area is 193 Å². The molecule has 0 aliphatic carbocycles. The number of carbonyl (C=O) groups is 3. The fraction of sp³-hybridized carbons (Fsp3) is 0.286. The van der Waals surface area contributed by atoms with Crippen LogP contribution in [0.1, 0.15) is 42.6 Å². The van der Waals surface area contributed by atoms with E-state index in [1.165, 1.54) is 37.5 Å². The van der Waals surface area contributed by atoms with Crippen LogP contribution in [0.4, 0.5) is 10.5 Å². The molecule has 1 aromatic heterocycles. The average molecular weight is 478 g/mol. The number of rotatable bonds is 6. The van der Waals surface area contributed by atoms with Gasteiger partial charge in [-0.05, 0) is 50.6 Å². The van der Waals surface area contributed by atoms with Crippen LogP contribution in [0.3, 0.4) is 0 Å². The van der Waals surface area contributed by atoms with E-state index in [2.05, 4.69) is 10.1 Å². The molecule has 174 valence electrons. The molecule has 33 heavy (non-hydrogen) atoms. The number of nitrogens with one attached hydrogen (secondary N) is 1. The molecule has 3 amide bonds. The largest absolute Gasteiger partial charge is 0.480 e. The Morgan fingerprint density at radius 1 is 1.30 bits per heavy atom. The predicted molar refractivity (Wildman–Crippen MR) is 116 cm³/mol. The number of nitrogens with zero attached hydrogens (tertiary/aromatic N) is 2. The Hall–Kier alpha value is -3.86. The van der Waals surface area contributed by atoms with Crippen molar-refractivity contribution in [3.05, 3.63) is 62.2 Å². The Balaban J connectivity index is 1.87. The summed E-state index contributed by atoms with van der Waals surface area (Å²) in [4.78, 5) is 48.3. The highest BCUT2D eigenvalue weighted by molar-refractivity contribution is 6.32. The number of nitro groups is 1. The molecule has 1 saturated heterocycles. The molecule has 11 nitrogen and oxygen atoms in total. The zero-order valence-corrected chi connectivity index (χ0v) is 18.9. The second-order valence-corrected chi connectivity index (χ2v) is 8.37. The molecule has 1 N–H and O–H groups in total. The summed E-state index contributed by atoms with van der Waals surface area (Å²) >= 11 is 6.22. The van der Waals surface area contributed by atoms with Crippen molar-refractivity contribution in [2.75, 3.05) is 7.11 Å². The smallest absolute Gasteiger partial charge is 0.373 e. The number of hydrogen-bond donors (Lipinski definition) is 1. The zero-order valence-electron chi connectivity index (χ0n) is 18.1. The van der Waals surface area contributed by atoms with Gasteiger partial charge in [0.25, 0.3) is 5.91 Å². The standard InChI is InChI=1S/C21H20ClN3O8/c1-21(2,3)33-17-13(22)7-11(9-15(17)25(29)30)8-14-18(26)24(20(28)23-14)10-12-5-6-16(32-12)19(27)31-4/h5-9H,10H2,1-4H3,(H,23,28). The van der Waals surface area contributed by atoms with Crippen molar-refractivity contribution in [3.8, 4) is 5.75 Å². The van der Waals surface area contributed by atoms with Crippen molar-refractivity contribution in [3.63, 3.8) is 0 Å². The molecule has 0 bridgehead atoms. The van der Waals surface area contributed by atoms with Gasteiger partial charge < -0.3 is 19.2 Å². The number of benzene rings is 1. The van der Waals surface area contributed by atoms with Gasteiger partial charge in [-0.25, -0.2) is 9.59 Å². The van der Waals surface area contributed by atoms with Gasteiger partial charge in [0.05, 0.1) is 23.6 Å². The van der Waals surface area contributed by atoms with Gasteiger partial charge in [-0.2, -0.15) is 0 Å². The van der Waals surface area contributed by atoms with Crippen LogP contribution in [0, 0.1) is 10.1 Å². The van der Waals surface area contributed by atoms with E-state index in [1.807, 2.05) is 0 Å². The first kappa shape index (κ1) is 23.8. The van der Waals surface area contributed by atoms with Gasteiger partial charge in [0, 0.05) is 6.07 Å². The lowest BCUT2D eigenvalue weighted by atomic mass is 10.1. The van der Waals surface area contributed by atoms with Gasteiger partial charge >= 0.3 is 17.7 Å². The monoisotopic (exact) mass is 477 g/mol. The number of carbonyl (C=O) groups excluding carboxylic acids is 3. The number of urea groups is 1. The summed E-state index contributed by atoms with van der Waals surface area (Å²) in [5.74, 6) is -1.38. The number of esters is 1. The van der Waals surface area contributed by atoms with Gasteiger partial charge in [0.2, 0.25) is 11.5 Å². The number of furan rings is 1. The highest BCUT2D eigenvalue weighted by atomic mass is 35.5. The van der Waals surface area contributed by atoms with Crippen LogP contribution >= 0.6 is 11.6 Å². The van der Waals surface area contributed by atoms with E-state index in [-0.39, 0.29) is 45.8 Å². The van der Waals surface area contributed by atoms with Crippen LogP contribution in [0.25, 0.3) is 6.08 Å². The van der Waals surface area contributed by atoms with E-state index >= 15 is 0 Å². The molecular formula is C21H20ClN3O8. The molecular weight excluding hydrogens is 458 g/mol. The number of amides is 3. The lowest BCUT2D eigenvalue weighted by molar-refractivity contribution is -0.386. The molecule has 3 rings (SSSR count). The lowest BCUT2D eigenvalue weighted by Gasteiger charge is -2.22. The number of ether oxygens (including phenoxy) is 2. The number of nitro benzene ring substituents is 1. The van der Waals surface area contributed by atoms with Crippen molar-refractivity contribution in [1.29, 1.82) is 0 Å². The Morgan fingerprint density at radius 2 is 2.00 bits per heavy atom. The molecule has 0 spiro atoms. The fourth-order valence-electron chi connectivity index (χ4n) is 2.94. The van der Waals surface area contributed by atoms with E-state index < -0.39 is 28.4 Å². The third-order valence-electron chi connectivity index (χ3n) is 4.29. The van der Waals surface area contributed by atoms with Crippen molar-refractivity contribution in [1.82, 2.24) is 10.2 Å². The van der Waals surface area contributed by atoms with Gasteiger partial charge in [0.1, 0.15) is 17.1 Å². The Kier molecular flexibility index (Phi) is 6.45. The number of methoxy groups -OCH3 is 1. The van der Waals surface area contributed by atoms with Crippen molar-refractivity contribution in [2.24, 2.45) is 0 Å². The molecule has 1 aliphatic rings. The van der Waals surface area contributed by atoms with Gasteiger partial charge in [-0.3, -0.25) is 19.8 Å². The summed E-state index contributed by atoms with van der Waals surface area (Å²) < 4.78 is 15.4. The van der Waals surface area contributed by atoms with Crippen LogP contribution in [0.2, 0.25) is 5.02 Å². The van der Waals surface area contributed by atoms with Crippen molar-refractivity contribution in [2.45, 2.75) is 32.9 Å². The normalized spacial score (nSPS) is 15.1. The van der Waals surface area contributed by atoms with Crippen molar-refractivity contribution < 1.29 is 33.2 Å². The summed E-state index contributed by atoms with van der Waals surface area (Å²) in [5.41, 5.74) is -1.02. The second-order valence-electron chi connectivity index (χ2n) is 7.96. The summed E-state index contributed by atoms with van der Waals surface area (Å²) in [6.45, 7) is 4.92.